The summed E-state index contributed by atoms with van der Waals surface area (Å²) in [5, 5.41) is 12.3. The predicted molar refractivity (Wildman–Crippen MR) is 115 cm³/mol. The molecule has 0 bridgehead atoms. The molecule has 0 aliphatic carbocycles. The summed E-state index contributed by atoms with van der Waals surface area (Å²) in [5.41, 5.74) is 2.81. The van der Waals surface area contributed by atoms with Crippen LogP contribution in [-0.4, -0.2) is 34.3 Å². The summed E-state index contributed by atoms with van der Waals surface area (Å²) in [5.74, 6) is -0.611. The number of aromatic hydroxyl groups is 1. The van der Waals surface area contributed by atoms with E-state index in [0.717, 1.165) is 5.56 Å². The zero-order valence-electron chi connectivity index (χ0n) is 16.5. The van der Waals surface area contributed by atoms with Crippen molar-refractivity contribution in [1.29, 1.82) is 0 Å². The van der Waals surface area contributed by atoms with Crippen LogP contribution in [0.2, 0.25) is 0 Å². The lowest BCUT2D eigenvalue weighted by Crippen LogP contribution is -2.48. The second-order valence-electron chi connectivity index (χ2n) is 7.50. The molecule has 31 heavy (non-hydrogen) atoms. The minimum atomic E-state index is -0.584. The van der Waals surface area contributed by atoms with Crippen LogP contribution < -0.4 is 10.2 Å². The highest BCUT2D eigenvalue weighted by Crippen LogP contribution is 2.45. The molecule has 5 rings (SSSR count). The van der Waals surface area contributed by atoms with Gasteiger partial charge in [0.25, 0.3) is 11.8 Å². The van der Waals surface area contributed by atoms with Crippen LogP contribution in [0.3, 0.4) is 0 Å². The smallest absolute Gasteiger partial charge is 0.260 e. The van der Waals surface area contributed by atoms with Crippen molar-refractivity contribution in [3.8, 4) is 5.75 Å². The minimum absolute atomic E-state index is 0.0459. The number of amides is 3. The van der Waals surface area contributed by atoms with Crippen LogP contribution in [0.15, 0.2) is 72.8 Å². The van der Waals surface area contributed by atoms with Crippen molar-refractivity contribution < 1.29 is 19.5 Å². The summed E-state index contributed by atoms with van der Waals surface area (Å²) >= 11 is 0. The van der Waals surface area contributed by atoms with Gasteiger partial charge >= 0.3 is 0 Å². The molecule has 3 aromatic rings. The molecular formula is C24H19N3O4. The Balaban J connectivity index is 1.44. The number of hydrogen-bond donors (Lipinski definition) is 2. The molecule has 154 valence electrons. The number of nitrogens with zero attached hydrogens (tertiary/aromatic N) is 2. The van der Waals surface area contributed by atoms with Gasteiger partial charge in [-0.15, -0.1) is 0 Å². The van der Waals surface area contributed by atoms with Crippen LogP contribution >= 0.6 is 0 Å². The van der Waals surface area contributed by atoms with Gasteiger partial charge in [-0.3, -0.25) is 19.3 Å². The van der Waals surface area contributed by atoms with E-state index in [1.165, 1.54) is 12.1 Å². The molecule has 2 aliphatic rings. The fraction of sp³-hybridized carbons (Fsp3) is 0.125. The van der Waals surface area contributed by atoms with Crippen molar-refractivity contribution in [2.45, 2.75) is 12.6 Å². The number of phenols is 1. The number of carbonyl (C=O) groups is 3. The number of anilines is 2. The number of hydrogen-bond acceptors (Lipinski definition) is 4. The number of para-hydroxylation sites is 1. The molecule has 1 unspecified atom stereocenters. The van der Waals surface area contributed by atoms with E-state index in [2.05, 4.69) is 5.32 Å². The molecule has 3 aromatic carbocycles. The minimum Gasteiger partial charge on any atom is -0.508 e. The van der Waals surface area contributed by atoms with Crippen LogP contribution in [0.5, 0.6) is 5.75 Å². The number of nitrogens with one attached hydrogen (secondary N) is 1. The quantitative estimate of drug-likeness (QED) is 0.685. The Morgan fingerprint density at radius 1 is 0.903 bits per heavy atom. The highest BCUT2D eigenvalue weighted by atomic mass is 16.3. The van der Waals surface area contributed by atoms with Gasteiger partial charge in [-0.2, -0.15) is 0 Å². The molecule has 7 nitrogen and oxygen atoms in total. The van der Waals surface area contributed by atoms with Gasteiger partial charge in [0, 0.05) is 35.8 Å². The molecule has 0 fully saturated rings. The first-order valence-electron chi connectivity index (χ1n) is 9.96. The lowest BCUT2D eigenvalue weighted by molar-refractivity contribution is -0.116. The van der Waals surface area contributed by atoms with Crippen molar-refractivity contribution in [2.24, 2.45) is 0 Å². The SMILES string of the molecule is O=C(CCN1C(=O)c2ccccc2N2C(=O)c3ccccc3C12)Nc1cccc(O)c1. The lowest BCUT2D eigenvalue weighted by atomic mass is 10.0. The molecule has 1 atom stereocenters. The van der Waals surface area contributed by atoms with E-state index in [0.29, 0.717) is 22.5 Å². The first kappa shape index (κ1) is 18.9. The largest absolute Gasteiger partial charge is 0.508 e. The molecule has 0 saturated carbocycles. The highest BCUT2D eigenvalue weighted by molar-refractivity contribution is 6.16. The van der Waals surface area contributed by atoms with Crippen molar-refractivity contribution in [3.05, 3.63) is 89.5 Å². The average Bonchev–Trinajstić information content (AvgIpc) is 3.07. The normalized spacial score (nSPS) is 16.6. The summed E-state index contributed by atoms with van der Waals surface area (Å²) in [6.45, 7) is 0.139. The molecule has 2 heterocycles. The summed E-state index contributed by atoms with van der Waals surface area (Å²) in [6.07, 6.45) is -0.538. The van der Waals surface area contributed by atoms with Crippen molar-refractivity contribution in [3.63, 3.8) is 0 Å². The molecule has 0 aromatic heterocycles. The van der Waals surface area contributed by atoms with E-state index in [4.69, 9.17) is 0 Å². The molecule has 0 saturated heterocycles. The number of fused-ring (bicyclic) bond motifs is 5. The lowest BCUT2D eigenvalue weighted by Gasteiger charge is -2.40. The predicted octanol–water partition coefficient (Wildman–Crippen LogP) is 3.54. The van der Waals surface area contributed by atoms with E-state index in [9.17, 15) is 19.5 Å². The Bertz CT molecular complexity index is 1220. The van der Waals surface area contributed by atoms with Gasteiger partial charge in [0.1, 0.15) is 11.9 Å². The van der Waals surface area contributed by atoms with Gasteiger partial charge < -0.3 is 15.3 Å². The van der Waals surface area contributed by atoms with Crippen molar-refractivity contribution >= 4 is 29.1 Å². The molecular weight excluding hydrogens is 394 g/mol. The standard InChI is InChI=1S/C24H19N3O4/c28-16-7-5-6-15(14-16)25-21(29)12-13-26-22-17-8-1-2-9-18(17)24(31)27(22)20-11-4-3-10-19(20)23(26)30/h1-11,14,22,28H,12-13H2,(H,25,29). The fourth-order valence-corrected chi connectivity index (χ4v) is 4.23. The zero-order valence-corrected chi connectivity index (χ0v) is 16.5. The number of carbonyl (C=O) groups excluding carboxylic acids is 3. The average molecular weight is 413 g/mol. The first-order chi connectivity index (χ1) is 15.0. The monoisotopic (exact) mass is 413 g/mol. The topological polar surface area (TPSA) is 90.0 Å². The van der Waals surface area contributed by atoms with Gasteiger partial charge in [-0.05, 0) is 30.3 Å². The Hall–Kier alpha value is -4.13. The van der Waals surface area contributed by atoms with Gasteiger partial charge in [-0.25, -0.2) is 0 Å². The Kier molecular flexibility index (Phi) is 4.43. The Morgan fingerprint density at radius 2 is 1.65 bits per heavy atom. The number of benzene rings is 3. The van der Waals surface area contributed by atoms with Crippen LogP contribution in [0.1, 0.15) is 38.9 Å². The third-order valence-corrected chi connectivity index (χ3v) is 5.59. The van der Waals surface area contributed by atoms with Gasteiger partial charge in [0.15, 0.2) is 0 Å². The molecule has 0 radical (unpaired) electrons. The highest BCUT2D eigenvalue weighted by Gasteiger charge is 2.47. The molecule has 2 aliphatic heterocycles. The number of rotatable bonds is 4. The summed E-state index contributed by atoms with van der Waals surface area (Å²) < 4.78 is 0. The summed E-state index contributed by atoms with van der Waals surface area (Å²) in [6, 6.07) is 20.6. The summed E-state index contributed by atoms with van der Waals surface area (Å²) in [7, 11) is 0. The van der Waals surface area contributed by atoms with Gasteiger partial charge in [0.05, 0.1) is 11.3 Å². The maximum Gasteiger partial charge on any atom is 0.260 e. The second kappa shape index (κ2) is 7.28. The third-order valence-electron chi connectivity index (χ3n) is 5.59. The maximum atomic E-state index is 13.3. The van der Waals surface area contributed by atoms with E-state index < -0.39 is 6.17 Å². The molecule has 2 N–H and O–H groups in total. The molecule has 0 spiro atoms. The van der Waals surface area contributed by atoms with Crippen LogP contribution in [0.4, 0.5) is 11.4 Å². The van der Waals surface area contributed by atoms with Crippen molar-refractivity contribution in [1.82, 2.24) is 4.90 Å². The maximum absolute atomic E-state index is 13.3. The zero-order chi connectivity index (χ0) is 21.5. The van der Waals surface area contributed by atoms with E-state index >= 15 is 0 Å². The van der Waals surface area contributed by atoms with E-state index in [1.54, 1.807) is 58.3 Å². The first-order valence-corrected chi connectivity index (χ1v) is 9.96. The van der Waals surface area contributed by atoms with Gasteiger partial charge in [0.2, 0.25) is 5.91 Å². The summed E-state index contributed by atoms with van der Waals surface area (Å²) in [4.78, 5) is 42.2. The van der Waals surface area contributed by atoms with Crippen molar-refractivity contribution in [2.75, 3.05) is 16.8 Å². The van der Waals surface area contributed by atoms with E-state index in [-0.39, 0.29) is 36.4 Å². The Morgan fingerprint density at radius 3 is 2.45 bits per heavy atom. The van der Waals surface area contributed by atoms with Crippen LogP contribution in [0.25, 0.3) is 0 Å². The third kappa shape index (κ3) is 3.11. The number of phenolic OH excluding ortho intramolecular Hbond substituents is 1. The Labute approximate surface area is 178 Å². The second-order valence-corrected chi connectivity index (χ2v) is 7.50. The van der Waals surface area contributed by atoms with Crippen LogP contribution in [-0.2, 0) is 4.79 Å². The van der Waals surface area contributed by atoms with Gasteiger partial charge in [-0.1, -0.05) is 36.4 Å². The fourth-order valence-electron chi connectivity index (χ4n) is 4.23. The molecule has 7 heteroatoms. The van der Waals surface area contributed by atoms with E-state index in [1.807, 2.05) is 12.1 Å². The molecule has 3 amide bonds. The van der Waals surface area contributed by atoms with Crippen LogP contribution in [0, 0.1) is 0 Å².